The van der Waals surface area contributed by atoms with Crippen LogP contribution in [0.25, 0.3) is 0 Å². The van der Waals surface area contributed by atoms with Gasteiger partial charge < -0.3 is 15.0 Å². The Hall–Kier alpha value is -1.96. The standard InChI is InChI=1S/C13H21N5O3/c1-2-21-13(20)10-18-14-9-11(16-18)15-12(19)5-8-17-6-3-4-7-17/h9H,2-8,10H2,1H3,(H,15,16,19). The number of ether oxygens (including phenoxy) is 1. The Morgan fingerprint density at radius 2 is 2.14 bits per heavy atom. The van der Waals surface area contributed by atoms with Crippen molar-refractivity contribution in [2.75, 3.05) is 31.6 Å². The number of amides is 1. The zero-order chi connectivity index (χ0) is 15.1. The van der Waals surface area contributed by atoms with Gasteiger partial charge in [-0.05, 0) is 32.9 Å². The number of rotatable bonds is 7. The van der Waals surface area contributed by atoms with Crippen molar-refractivity contribution in [1.82, 2.24) is 19.9 Å². The molecule has 1 N–H and O–H groups in total. The summed E-state index contributed by atoms with van der Waals surface area (Å²) in [4.78, 5) is 26.6. The highest BCUT2D eigenvalue weighted by atomic mass is 16.5. The molecule has 2 rings (SSSR count). The molecule has 8 heteroatoms. The van der Waals surface area contributed by atoms with Crippen molar-refractivity contribution in [3.63, 3.8) is 0 Å². The lowest BCUT2D eigenvalue weighted by Crippen LogP contribution is -2.25. The topological polar surface area (TPSA) is 89.3 Å². The fourth-order valence-electron chi connectivity index (χ4n) is 2.22. The molecule has 116 valence electrons. The van der Waals surface area contributed by atoms with Crippen LogP contribution in [0.4, 0.5) is 5.82 Å². The highest BCUT2D eigenvalue weighted by Gasteiger charge is 2.14. The predicted octanol–water partition coefficient (Wildman–Crippen LogP) is 0.266. The third-order valence-corrected chi connectivity index (χ3v) is 3.23. The van der Waals surface area contributed by atoms with Gasteiger partial charge in [0.15, 0.2) is 12.4 Å². The van der Waals surface area contributed by atoms with Crippen LogP contribution in [0.1, 0.15) is 26.2 Å². The molecule has 2 heterocycles. The number of aromatic nitrogens is 3. The molecule has 1 fully saturated rings. The average molecular weight is 295 g/mol. The molecule has 0 unspecified atom stereocenters. The van der Waals surface area contributed by atoms with Gasteiger partial charge in [-0.25, -0.2) is 4.79 Å². The summed E-state index contributed by atoms with van der Waals surface area (Å²) in [5.41, 5.74) is 0. The third kappa shape index (κ3) is 5.14. The van der Waals surface area contributed by atoms with Crippen molar-refractivity contribution in [2.45, 2.75) is 32.7 Å². The minimum Gasteiger partial charge on any atom is -0.465 e. The molecule has 0 bridgehead atoms. The smallest absolute Gasteiger partial charge is 0.329 e. The molecule has 0 radical (unpaired) electrons. The summed E-state index contributed by atoms with van der Waals surface area (Å²) in [5.74, 6) is -0.143. The number of carbonyl (C=O) groups excluding carboxylic acids is 2. The quantitative estimate of drug-likeness (QED) is 0.726. The number of anilines is 1. The molecule has 1 aromatic rings. The Kier molecular flexibility index (Phi) is 5.68. The van der Waals surface area contributed by atoms with E-state index in [9.17, 15) is 9.59 Å². The maximum Gasteiger partial charge on any atom is 0.329 e. The number of nitrogens with zero attached hydrogens (tertiary/aromatic N) is 4. The number of hydrogen-bond donors (Lipinski definition) is 1. The van der Waals surface area contributed by atoms with Gasteiger partial charge in [-0.15, -0.1) is 5.10 Å². The summed E-state index contributed by atoms with van der Waals surface area (Å²) in [6.45, 7) is 4.91. The summed E-state index contributed by atoms with van der Waals surface area (Å²) >= 11 is 0. The van der Waals surface area contributed by atoms with Gasteiger partial charge in [-0.1, -0.05) is 0 Å². The first-order chi connectivity index (χ1) is 10.2. The molecule has 0 spiro atoms. The molecule has 1 aliphatic heterocycles. The van der Waals surface area contributed by atoms with Crippen LogP contribution in [0.2, 0.25) is 0 Å². The van der Waals surface area contributed by atoms with Crippen LogP contribution < -0.4 is 5.32 Å². The van der Waals surface area contributed by atoms with Crippen molar-refractivity contribution >= 4 is 17.7 Å². The molecule has 0 aromatic carbocycles. The van der Waals surface area contributed by atoms with Crippen molar-refractivity contribution in [2.24, 2.45) is 0 Å². The number of likely N-dealkylation sites (tertiary alicyclic amines) is 1. The van der Waals surface area contributed by atoms with E-state index in [0.29, 0.717) is 18.8 Å². The van der Waals surface area contributed by atoms with Gasteiger partial charge in [-0.2, -0.15) is 9.90 Å². The SMILES string of the molecule is CCOC(=O)Cn1ncc(NC(=O)CCN2CCCC2)n1. The van der Waals surface area contributed by atoms with Crippen LogP contribution in [0.5, 0.6) is 0 Å². The number of esters is 1. The minimum absolute atomic E-state index is 0.0580. The lowest BCUT2D eigenvalue weighted by Gasteiger charge is -2.13. The molecule has 0 saturated carbocycles. The lowest BCUT2D eigenvalue weighted by atomic mass is 10.3. The number of nitrogens with one attached hydrogen (secondary N) is 1. The van der Waals surface area contributed by atoms with Crippen molar-refractivity contribution < 1.29 is 14.3 Å². The lowest BCUT2D eigenvalue weighted by molar-refractivity contribution is -0.144. The number of carbonyl (C=O) groups is 2. The Morgan fingerprint density at radius 3 is 2.86 bits per heavy atom. The highest BCUT2D eigenvalue weighted by molar-refractivity contribution is 5.89. The summed E-state index contributed by atoms with van der Waals surface area (Å²) in [7, 11) is 0. The first kappa shape index (κ1) is 15.4. The summed E-state index contributed by atoms with van der Waals surface area (Å²) < 4.78 is 4.80. The molecule has 1 aromatic heterocycles. The Morgan fingerprint density at radius 1 is 1.38 bits per heavy atom. The van der Waals surface area contributed by atoms with Gasteiger partial charge in [0.05, 0.1) is 12.8 Å². The van der Waals surface area contributed by atoms with E-state index < -0.39 is 5.97 Å². The van der Waals surface area contributed by atoms with Crippen LogP contribution in [-0.2, 0) is 20.9 Å². The first-order valence-corrected chi connectivity index (χ1v) is 7.25. The van der Waals surface area contributed by atoms with Gasteiger partial charge >= 0.3 is 5.97 Å². The maximum atomic E-state index is 11.8. The molecule has 0 aliphatic carbocycles. The van der Waals surface area contributed by atoms with Crippen LogP contribution in [-0.4, -0.2) is 58.0 Å². The third-order valence-electron chi connectivity index (χ3n) is 3.23. The molecule has 0 atom stereocenters. The second-order valence-corrected chi connectivity index (χ2v) is 4.91. The highest BCUT2D eigenvalue weighted by Crippen LogP contribution is 2.08. The van der Waals surface area contributed by atoms with Gasteiger partial charge in [0.25, 0.3) is 0 Å². The Bertz CT molecular complexity index is 482. The van der Waals surface area contributed by atoms with Gasteiger partial charge in [0, 0.05) is 13.0 Å². The van der Waals surface area contributed by atoms with Crippen molar-refractivity contribution in [3.05, 3.63) is 6.20 Å². The Balaban J connectivity index is 1.73. The molecular weight excluding hydrogens is 274 g/mol. The van der Waals surface area contributed by atoms with E-state index in [4.69, 9.17) is 4.74 Å². The second kappa shape index (κ2) is 7.72. The summed E-state index contributed by atoms with van der Waals surface area (Å²) in [6.07, 6.45) is 4.28. The monoisotopic (exact) mass is 295 g/mol. The van der Waals surface area contributed by atoms with E-state index in [1.807, 2.05) is 0 Å². The van der Waals surface area contributed by atoms with Crippen molar-refractivity contribution in [1.29, 1.82) is 0 Å². The van der Waals surface area contributed by atoms with E-state index in [0.717, 1.165) is 19.6 Å². The average Bonchev–Trinajstić information content (AvgIpc) is 3.08. The zero-order valence-electron chi connectivity index (χ0n) is 12.2. The molecule has 1 saturated heterocycles. The minimum atomic E-state index is -0.403. The number of hydrogen-bond acceptors (Lipinski definition) is 6. The molecule has 1 aliphatic rings. The van der Waals surface area contributed by atoms with E-state index in [-0.39, 0.29) is 12.5 Å². The van der Waals surface area contributed by atoms with E-state index in [2.05, 4.69) is 20.4 Å². The Labute approximate surface area is 123 Å². The van der Waals surface area contributed by atoms with Crippen LogP contribution in [0.3, 0.4) is 0 Å². The van der Waals surface area contributed by atoms with Crippen molar-refractivity contribution in [3.8, 4) is 0 Å². The fourth-order valence-corrected chi connectivity index (χ4v) is 2.22. The molecular formula is C13H21N5O3. The summed E-state index contributed by atoms with van der Waals surface area (Å²) in [6, 6.07) is 0. The fraction of sp³-hybridized carbons (Fsp3) is 0.692. The van der Waals surface area contributed by atoms with Gasteiger partial charge in [0.1, 0.15) is 0 Å². The zero-order valence-corrected chi connectivity index (χ0v) is 12.2. The molecule has 1 amide bonds. The van der Waals surface area contributed by atoms with Crippen LogP contribution in [0.15, 0.2) is 6.20 Å². The molecule has 21 heavy (non-hydrogen) atoms. The van der Waals surface area contributed by atoms with E-state index >= 15 is 0 Å². The second-order valence-electron chi connectivity index (χ2n) is 4.91. The largest absolute Gasteiger partial charge is 0.465 e. The molecule has 8 nitrogen and oxygen atoms in total. The van der Waals surface area contributed by atoms with E-state index in [1.165, 1.54) is 23.8 Å². The first-order valence-electron chi connectivity index (χ1n) is 7.25. The van der Waals surface area contributed by atoms with E-state index in [1.54, 1.807) is 6.92 Å². The van der Waals surface area contributed by atoms with Crippen LogP contribution >= 0.6 is 0 Å². The normalized spacial score (nSPS) is 15.1. The summed E-state index contributed by atoms with van der Waals surface area (Å²) in [5, 5.41) is 10.6. The maximum absolute atomic E-state index is 11.8. The predicted molar refractivity (Wildman–Crippen MR) is 75.6 cm³/mol. The van der Waals surface area contributed by atoms with Gasteiger partial charge in [-0.3, -0.25) is 4.79 Å². The van der Waals surface area contributed by atoms with Crippen LogP contribution in [0, 0.1) is 0 Å². The van der Waals surface area contributed by atoms with Gasteiger partial charge in [0.2, 0.25) is 5.91 Å².